The molecule has 0 aromatic carbocycles. The lowest BCUT2D eigenvalue weighted by Crippen LogP contribution is -1.82. The zero-order valence-corrected chi connectivity index (χ0v) is 12.8. The molecule has 0 bridgehead atoms. The SMILES string of the molecule is [CH2]CCCCCCCCCCCCC=CCCC. The van der Waals surface area contributed by atoms with E-state index >= 15 is 0 Å². The van der Waals surface area contributed by atoms with E-state index in [2.05, 4.69) is 26.0 Å². The molecule has 0 aliphatic heterocycles. The second kappa shape index (κ2) is 16.7. The smallest absolute Gasteiger partial charge is 0.0351 e. The molecule has 0 aliphatic carbocycles. The van der Waals surface area contributed by atoms with Crippen molar-refractivity contribution >= 4 is 0 Å². The second-order valence-corrected chi connectivity index (χ2v) is 5.44. The Hall–Kier alpha value is -0.260. The summed E-state index contributed by atoms with van der Waals surface area (Å²) in [6.07, 6.45) is 23.9. The molecule has 0 atom stereocenters. The van der Waals surface area contributed by atoms with Gasteiger partial charge in [0.15, 0.2) is 0 Å². The van der Waals surface area contributed by atoms with Crippen LogP contribution in [0.3, 0.4) is 0 Å². The van der Waals surface area contributed by atoms with Crippen molar-refractivity contribution in [3.8, 4) is 0 Å². The molecule has 0 aliphatic rings. The molecule has 0 heteroatoms. The summed E-state index contributed by atoms with van der Waals surface area (Å²) in [6, 6.07) is 0. The predicted octanol–water partition coefficient (Wildman–Crippen LogP) is 6.86. The summed E-state index contributed by atoms with van der Waals surface area (Å²) in [6.45, 7) is 6.12. The number of hydrogen-bond donors (Lipinski definition) is 0. The van der Waals surface area contributed by atoms with E-state index in [1.54, 1.807) is 0 Å². The van der Waals surface area contributed by atoms with E-state index in [1.807, 2.05) is 0 Å². The highest BCUT2D eigenvalue weighted by Gasteiger charge is 1.92. The van der Waals surface area contributed by atoms with Crippen LogP contribution < -0.4 is 0 Å². The minimum atomic E-state index is 1.12. The van der Waals surface area contributed by atoms with Crippen molar-refractivity contribution in [3.05, 3.63) is 19.1 Å². The summed E-state index contributed by atoms with van der Waals surface area (Å²) in [5.41, 5.74) is 0. The molecule has 0 amide bonds. The van der Waals surface area contributed by atoms with E-state index in [1.165, 1.54) is 83.5 Å². The van der Waals surface area contributed by atoms with Crippen LogP contribution in [0, 0.1) is 6.92 Å². The third-order valence-corrected chi connectivity index (χ3v) is 3.49. The summed E-state index contributed by atoms with van der Waals surface area (Å²) < 4.78 is 0. The Balaban J connectivity index is 2.94. The summed E-state index contributed by atoms with van der Waals surface area (Å²) in [7, 11) is 0. The molecule has 0 saturated heterocycles. The van der Waals surface area contributed by atoms with Crippen LogP contribution in [0.5, 0.6) is 0 Å². The molecule has 0 heterocycles. The van der Waals surface area contributed by atoms with Gasteiger partial charge in [0.1, 0.15) is 0 Å². The Bertz CT molecular complexity index is 157. The number of allylic oxidation sites excluding steroid dienone is 2. The van der Waals surface area contributed by atoms with Crippen molar-refractivity contribution in [2.45, 2.75) is 96.8 Å². The topological polar surface area (TPSA) is 0 Å². The van der Waals surface area contributed by atoms with Crippen LogP contribution in [0.25, 0.3) is 0 Å². The monoisotopic (exact) mass is 251 g/mol. The Morgan fingerprint density at radius 3 is 1.56 bits per heavy atom. The highest BCUT2D eigenvalue weighted by Crippen LogP contribution is 2.12. The molecule has 0 aromatic rings. The summed E-state index contributed by atoms with van der Waals surface area (Å²) in [5, 5.41) is 0. The maximum Gasteiger partial charge on any atom is -0.0351 e. The molecule has 0 aromatic heterocycles. The highest BCUT2D eigenvalue weighted by atomic mass is 14.0. The maximum atomic E-state index is 3.88. The average Bonchev–Trinajstić information content (AvgIpc) is 2.39. The lowest BCUT2D eigenvalue weighted by Gasteiger charge is -2.01. The first kappa shape index (κ1) is 17.7. The zero-order valence-electron chi connectivity index (χ0n) is 12.8. The molecular formula is C18H35. The van der Waals surface area contributed by atoms with Crippen molar-refractivity contribution in [1.29, 1.82) is 0 Å². The molecule has 0 N–H and O–H groups in total. The summed E-state index contributed by atoms with van der Waals surface area (Å²) in [5.74, 6) is 0. The van der Waals surface area contributed by atoms with E-state index in [-0.39, 0.29) is 0 Å². The van der Waals surface area contributed by atoms with Crippen LogP contribution in [0.2, 0.25) is 0 Å². The second-order valence-electron chi connectivity index (χ2n) is 5.44. The molecule has 0 fully saturated rings. The summed E-state index contributed by atoms with van der Waals surface area (Å²) in [4.78, 5) is 0. The molecule has 0 spiro atoms. The minimum Gasteiger partial charge on any atom is -0.0885 e. The minimum absolute atomic E-state index is 1.12. The quantitative estimate of drug-likeness (QED) is 0.234. The molecule has 0 saturated carbocycles. The molecular weight excluding hydrogens is 216 g/mol. The fourth-order valence-electron chi connectivity index (χ4n) is 2.26. The maximum absolute atomic E-state index is 3.88. The van der Waals surface area contributed by atoms with Crippen LogP contribution in [-0.2, 0) is 0 Å². The van der Waals surface area contributed by atoms with Gasteiger partial charge < -0.3 is 0 Å². The van der Waals surface area contributed by atoms with Crippen LogP contribution in [-0.4, -0.2) is 0 Å². The number of rotatable bonds is 14. The van der Waals surface area contributed by atoms with Gasteiger partial charge in [0.05, 0.1) is 0 Å². The van der Waals surface area contributed by atoms with Gasteiger partial charge in [0, 0.05) is 0 Å². The molecule has 0 nitrogen and oxygen atoms in total. The van der Waals surface area contributed by atoms with E-state index in [4.69, 9.17) is 0 Å². The van der Waals surface area contributed by atoms with Gasteiger partial charge in [-0.15, -0.1) is 0 Å². The van der Waals surface area contributed by atoms with Crippen LogP contribution in [0.4, 0.5) is 0 Å². The molecule has 1 radical (unpaired) electrons. The predicted molar refractivity (Wildman–Crippen MR) is 84.8 cm³/mol. The van der Waals surface area contributed by atoms with E-state index in [0.29, 0.717) is 0 Å². The number of hydrogen-bond acceptors (Lipinski definition) is 0. The van der Waals surface area contributed by atoms with E-state index < -0.39 is 0 Å². The van der Waals surface area contributed by atoms with Crippen LogP contribution >= 0.6 is 0 Å². The average molecular weight is 251 g/mol. The fourth-order valence-corrected chi connectivity index (χ4v) is 2.26. The van der Waals surface area contributed by atoms with Gasteiger partial charge in [-0.25, -0.2) is 0 Å². The van der Waals surface area contributed by atoms with Crippen LogP contribution in [0.15, 0.2) is 12.2 Å². The first-order valence-electron chi connectivity index (χ1n) is 8.36. The Labute approximate surface area is 116 Å². The van der Waals surface area contributed by atoms with Gasteiger partial charge in [-0.2, -0.15) is 0 Å². The Kier molecular flexibility index (Phi) is 16.5. The standard InChI is InChI=1S/C18H35/c1-3-5-7-9-11-13-15-17-18-16-14-12-10-8-6-4-2/h8,10H,1,3-7,9,11-18H2,2H3. The molecule has 0 rings (SSSR count). The third-order valence-electron chi connectivity index (χ3n) is 3.49. The van der Waals surface area contributed by atoms with Crippen LogP contribution in [0.1, 0.15) is 96.8 Å². The van der Waals surface area contributed by atoms with Gasteiger partial charge in [-0.3, -0.25) is 0 Å². The van der Waals surface area contributed by atoms with Gasteiger partial charge in [-0.05, 0) is 19.3 Å². The Morgan fingerprint density at radius 2 is 1.06 bits per heavy atom. The van der Waals surface area contributed by atoms with Gasteiger partial charge >= 0.3 is 0 Å². The van der Waals surface area contributed by atoms with E-state index in [9.17, 15) is 0 Å². The first-order chi connectivity index (χ1) is 8.91. The van der Waals surface area contributed by atoms with Crippen molar-refractivity contribution in [2.24, 2.45) is 0 Å². The highest BCUT2D eigenvalue weighted by molar-refractivity contribution is 4.80. The first-order valence-corrected chi connectivity index (χ1v) is 8.36. The molecule has 0 unspecified atom stereocenters. The van der Waals surface area contributed by atoms with E-state index in [0.717, 1.165) is 6.42 Å². The largest absolute Gasteiger partial charge is 0.0885 e. The fraction of sp³-hybridized carbons (Fsp3) is 0.833. The van der Waals surface area contributed by atoms with Crippen molar-refractivity contribution in [2.75, 3.05) is 0 Å². The van der Waals surface area contributed by atoms with Crippen molar-refractivity contribution in [3.63, 3.8) is 0 Å². The molecule has 107 valence electrons. The molecule has 18 heavy (non-hydrogen) atoms. The third kappa shape index (κ3) is 15.7. The van der Waals surface area contributed by atoms with Gasteiger partial charge in [0.2, 0.25) is 0 Å². The lowest BCUT2D eigenvalue weighted by atomic mass is 10.1. The van der Waals surface area contributed by atoms with Crippen molar-refractivity contribution in [1.82, 2.24) is 0 Å². The van der Waals surface area contributed by atoms with Gasteiger partial charge in [-0.1, -0.05) is 96.6 Å². The lowest BCUT2D eigenvalue weighted by molar-refractivity contribution is 0.553. The Morgan fingerprint density at radius 1 is 0.611 bits per heavy atom. The van der Waals surface area contributed by atoms with Crippen molar-refractivity contribution < 1.29 is 0 Å². The summed E-state index contributed by atoms with van der Waals surface area (Å²) >= 11 is 0. The number of unbranched alkanes of at least 4 members (excludes halogenated alkanes) is 12. The zero-order chi connectivity index (χ0) is 13.3. The normalized spacial score (nSPS) is 11.4. The van der Waals surface area contributed by atoms with Gasteiger partial charge in [0.25, 0.3) is 0 Å².